The molecule has 0 spiro atoms. The van der Waals surface area contributed by atoms with Crippen molar-refractivity contribution in [2.45, 2.75) is 38.2 Å². The highest BCUT2D eigenvalue weighted by Gasteiger charge is 2.39. The third-order valence-corrected chi connectivity index (χ3v) is 4.06. The molecule has 0 radical (unpaired) electrons. The first-order valence-corrected chi connectivity index (χ1v) is 6.18. The molecule has 4 nitrogen and oxygen atoms in total. The van der Waals surface area contributed by atoms with Gasteiger partial charge in [0, 0.05) is 19.6 Å². The van der Waals surface area contributed by atoms with Crippen molar-refractivity contribution in [3.8, 4) is 0 Å². The van der Waals surface area contributed by atoms with Crippen LogP contribution in [-0.4, -0.2) is 46.3 Å². The van der Waals surface area contributed by atoms with Crippen LogP contribution in [0.25, 0.3) is 0 Å². The van der Waals surface area contributed by atoms with Crippen molar-refractivity contribution < 1.29 is 15.0 Å². The second-order valence-electron chi connectivity index (χ2n) is 5.55. The van der Waals surface area contributed by atoms with Gasteiger partial charge in [0.05, 0.1) is 11.5 Å². The summed E-state index contributed by atoms with van der Waals surface area (Å²) >= 11 is 0. The van der Waals surface area contributed by atoms with Gasteiger partial charge in [0.1, 0.15) is 0 Å². The number of β-amino-alcohol motifs (C(OH)–C–C–N with tert-alkyl or cyclic N) is 1. The molecule has 2 N–H and O–H groups in total. The average Bonchev–Trinajstić information content (AvgIpc) is 2.73. The van der Waals surface area contributed by atoms with Crippen LogP contribution in [0.4, 0.5) is 0 Å². The zero-order valence-electron chi connectivity index (χ0n) is 9.85. The molecule has 1 saturated carbocycles. The van der Waals surface area contributed by atoms with Gasteiger partial charge >= 0.3 is 5.97 Å². The Morgan fingerprint density at radius 3 is 2.50 bits per heavy atom. The van der Waals surface area contributed by atoms with Crippen molar-refractivity contribution >= 4 is 5.97 Å². The normalized spacial score (nSPS) is 34.4. The van der Waals surface area contributed by atoms with Gasteiger partial charge in [0.15, 0.2) is 0 Å². The van der Waals surface area contributed by atoms with E-state index in [4.69, 9.17) is 5.11 Å². The third-order valence-electron chi connectivity index (χ3n) is 4.06. The summed E-state index contributed by atoms with van der Waals surface area (Å²) in [6.45, 7) is 4.04. The van der Waals surface area contributed by atoms with Gasteiger partial charge in [0.25, 0.3) is 0 Å². The van der Waals surface area contributed by atoms with Gasteiger partial charge in [-0.1, -0.05) is 19.8 Å². The van der Waals surface area contributed by atoms with E-state index in [0.29, 0.717) is 13.1 Å². The highest BCUT2D eigenvalue weighted by molar-refractivity contribution is 5.71. The van der Waals surface area contributed by atoms with E-state index >= 15 is 0 Å². The molecule has 0 aromatic carbocycles. The van der Waals surface area contributed by atoms with Gasteiger partial charge in [-0.05, 0) is 18.8 Å². The molecule has 1 heterocycles. The van der Waals surface area contributed by atoms with Crippen molar-refractivity contribution in [2.75, 3.05) is 19.6 Å². The number of aliphatic carboxylic acids is 1. The Morgan fingerprint density at radius 1 is 1.38 bits per heavy atom. The predicted molar refractivity (Wildman–Crippen MR) is 60.1 cm³/mol. The van der Waals surface area contributed by atoms with Crippen LogP contribution in [0.15, 0.2) is 0 Å². The number of carbonyl (C=O) groups is 1. The monoisotopic (exact) mass is 227 g/mol. The Balaban J connectivity index is 1.90. The summed E-state index contributed by atoms with van der Waals surface area (Å²) < 4.78 is 0. The average molecular weight is 227 g/mol. The van der Waals surface area contributed by atoms with Gasteiger partial charge in [-0.3, -0.25) is 9.69 Å². The lowest BCUT2D eigenvalue weighted by molar-refractivity contribution is -0.142. The fourth-order valence-electron chi connectivity index (χ4n) is 3.13. The van der Waals surface area contributed by atoms with Crippen molar-refractivity contribution in [3.63, 3.8) is 0 Å². The molecule has 0 aromatic heterocycles. The number of rotatable bonds is 3. The molecular formula is C12H21NO3. The largest absolute Gasteiger partial charge is 0.481 e. The van der Waals surface area contributed by atoms with Crippen molar-refractivity contribution in [3.05, 3.63) is 0 Å². The zero-order chi connectivity index (χ0) is 11.8. The number of carboxylic acid groups (broad SMARTS) is 1. The lowest BCUT2D eigenvalue weighted by Gasteiger charge is -2.28. The van der Waals surface area contributed by atoms with Crippen LogP contribution in [0.3, 0.4) is 0 Å². The molecule has 0 aromatic rings. The van der Waals surface area contributed by atoms with E-state index < -0.39 is 11.6 Å². The summed E-state index contributed by atoms with van der Waals surface area (Å²) in [5.41, 5.74) is -0.548. The number of hydrogen-bond donors (Lipinski definition) is 2. The number of aliphatic hydroxyl groups is 1. The second-order valence-corrected chi connectivity index (χ2v) is 5.55. The minimum Gasteiger partial charge on any atom is -0.481 e. The number of carboxylic acids is 1. The maximum Gasteiger partial charge on any atom is 0.308 e. The number of hydrogen-bond acceptors (Lipinski definition) is 3. The van der Waals surface area contributed by atoms with E-state index in [2.05, 4.69) is 4.90 Å². The molecule has 1 aliphatic carbocycles. The Bertz CT molecular complexity index is 273. The van der Waals surface area contributed by atoms with Gasteiger partial charge in [-0.15, -0.1) is 0 Å². The highest BCUT2D eigenvalue weighted by Crippen LogP contribution is 2.32. The summed E-state index contributed by atoms with van der Waals surface area (Å²) in [6.07, 6.45) is 3.94. The first kappa shape index (κ1) is 11.9. The molecule has 2 aliphatic rings. The van der Waals surface area contributed by atoms with Crippen LogP contribution in [0.1, 0.15) is 32.6 Å². The SMILES string of the molecule is CC1CN(CC2(O)CCCC2)CC1C(=O)O. The van der Waals surface area contributed by atoms with Crippen LogP contribution in [-0.2, 0) is 4.79 Å². The smallest absolute Gasteiger partial charge is 0.308 e. The molecular weight excluding hydrogens is 206 g/mol. The number of nitrogens with zero attached hydrogens (tertiary/aromatic N) is 1. The molecule has 1 aliphatic heterocycles. The van der Waals surface area contributed by atoms with E-state index in [1.165, 1.54) is 0 Å². The molecule has 0 bridgehead atoms. The van der Waals surface area contributed by atoms with Crippen molar-refractivity contribution in [2.24, 2.45) is 11.8 Å². The number of likely N-dealkylation sites (tertiary alicyclic amines) is 1. The maximum absolute atomic E-state index is 11.0. The molecule has 2 rings (SSSR count). The molecule has 1 saturated heterocycles. The summed E-state index contributed by atoms with van der Waals surface area (Å²) in [6, 6.07) is 0. The summed E-state index contributed by atoms with van der Waals surface area (Å²) in [7, 11) is 0. The summed E-state index contributed by atoms with van der Waals surface area (Å²) in [4.78, 5) is 13.1. The Hall–Kier alpha value is -0.610. The standard InChI is InChI=1S/C12H21NO3/c1-9-6-13(7-10(9)11(14)15)8-12(16)4-2-3-5-12/h9-10,16H,2-8H2,1H3,(H,14,15). The summed E-state index contributed by atoms with van der Waals surface area (Å²) in [5.74, 6) is -0.763. The lowest BCUT2D eigenvalue weighted by atomic mass is 9.99. The Morgan fingerprint density at radius 2 is 2.00 bits per heavy atom. The van der Waals surface area contributed by atoms with Crippen LogP contribution in [0.2, 0.25) is 0 Å². The fraction of sp³-hybridized carbons (Fsp3) is 0.917. The minimum absolute atomic E-state index is 0.197. The van der Waals surface area contributed by atoms with Gasteiger partial charge in [0.2, 0.25) is 0 Å². The van der Waals surface area contributed by atoms with Crippen LogP contribution in [0, 0.1) is 11.8 Å². The first-order chi connectivity index (χ1) is 7.50. The van der Waals surface area contributed by atoms with Gasteiger partial charge in [-0.25, -0.2) is 0 Å². The van der Waals surface area contributed by atoms with Gasteiger partial charge < -0.3 is 10.2 Å². The maximum atomic E-state index is 11.0. The Labute approximate surface area is 96.3 Å². The molecule has 0 amide bonds. The van der Waals surface area contributed by atoms with Crippen molar-refractivity contribution in [1.29, 1.82) is 0 Å². The van der Waals surface area contributed by atoms with E-state index in [9.17, 15) is 9.90 Å². The first-order valence-electron chi connectivity index (χ1n) is 6.18. The van der Waals surface area contributed by atoms with E-state index in [1.807, 2.05) is 6.92 Å². The molecule has 2 unspecified atom stereocenters. The molecule has 92 valence electrons. The van der Waals surface area contributed by atoms with E-state index in [-0.39, 0.29) is 11.8 Å². The zero-order valence-corrected chi connectivity index (χ0v) is 9.85. The van der Waals surface area contributed by atoms with Crippen LogP contribution >= 0.6 is 0 Å². The topological polar surface area (TPSA) is 60.8 Å². The minimum atomic E-state index is -0.701. The second kappa shape index (κ2) is 4.34. The fourth-order valence-corrected chi connectivity index (χ4v) is 3.13. The van der Waals surface area contributed by atoms with Crippen molar-refractivity contribution in [1.82, 2.24) is 4.90 Å². The van der Waals surface area contributed by atoms with Gasteiger partial charge in [-0.2, -0.15) is 0 Å². The third kappa shape index (κ3) is 2.38. The van der Waals surface area contributed by atoms with Crippen LogP contribution in [0.5, 0.6) is 0 Å². The Kier molecular flexibility index (Phi) is 3.22. The molecule has 16 heavy (non-hydrogen) atoms. The van der Waals surface area contributed by atoms with E-state index in [0.717, 1.165) is 32.2 Å². The lowest BCUT2D eigenvalue weighted by Crippen LogP contribution is -2.40. The van der Waals surface area contributed by atoms with Crippen LogP contribution < -0.4 is 0 Å². The molecule has 2 fully saturated rings. The predicted octanol–water partition coefficient (Wildman–Crippen LogP) is 0.944. The van der Waals surface area contributed by atoms with E-state index in [1.54, 1.807) is 0 Å². The summed E-state index contributed by atoms with van der Waals surface area (Å²) in [5, 5.41) is 19.3. The highest BCUT2D eigenvalue weighted by atomic mass is 16.4. The quantitative estimate of drug-likeness (QED) is 0.753. The molecule has 4 heteroatoms. The molecule has 2 atom stereocenters.